The van der Waals surface area contributed by atoms with Crippen LogP contribution in [0.3, 0.4) is 0 Å². The fourth-order valence-corrected chi connectivity index (χ4v) is 2.66. The lowest BCUT2D eigenvalue weighted by molar-refractivity contribution is 0.244. The van der Waals surface area contributed by atoms with Crippen LogP contribution < -0.4 is 0 Å². The molecule has 68 valence electrons. The van der Waals surface area contributed by atoms with E-state index in [4.69, 9.17) is 9.79 Å². The van der Waals surface area contributed by atoms with Gasteiger partial charge in [-0.25, -0.2) is 0 Å². The van der Waals surface area contributed by atoms with Crippen LogP contribution in [0.15, 0.2) is 0 Å². The number of rotatable bonds is 3. The Bertz CT molecular complexity index is 155. The Hall–Kier alpha value is 0.110. The Morgan fingerprint density at radius 3 is 1.64 bits per heavy atom. The highest BCUT2D eigenvalue weighted by atomic mass is 31.2. The third-order valence-electron chi connectivity index (χ3n) is 1.47. The van der Waals surface area contributed by atoms with Gasteiger partial charge in [0.2, 0.25) is 0 Å². The monoisotopic (exact) mass is 181 g/mol. The number of nitrogens with zero attached hydrogens (tertiary/aromatic N) is 1. The van der Waals surface area contributed by atoms with Gasteiger partial charge in [-0.1, -0.05) is 13.8 Å². The Balaban J connectivity index is 4.49. The zero-order chi connectivity index (χ0) is 9.23. The first-order valence-corrected chi connectivity index (χ1v) is 5.16. The van der Waals surface area contributed by atoms with Crippen molar-refractivity contribution in [3.63, 3.8) is 0 Å². The molecule has 11 heavy (non-hydrogen) atoms. The molecule has 0 rings (SSSR count). The Labute approximate surface area is 67.4 Å². The van der Waals surface area contributed by atoms with E-state index in [-0.39, 0.29) is 5.92 Å². The third-order valence-corrected chi connectivity index (χ3v) is 3.22. The SMILES string of the molecule is CC(C)[C@@H](N(C)C)P(=O)(O)O. The summed E-state index contributed by atoms with van der Waals surface area (Å²) >= 11 is 0. The summed E-state index contributed by atoms with van der Waals surface area (Å²) in [5.74, 6) is -0.701. The number of hydrogen-bond acceptors (Lipinski definition) is 2. The minimum atomic E-state index is -3.96. The van der Waals surface area contributed by atoms with E-state index in [1.54, 1.807) is 32.8 Å². The Kier molecular flexibility index (Phi) is 3.71. The van der Waals surface area contributed by atoms with E-state index in [2.05, 4.69) is 0 Å². The van der Waals surface area contributed by atoms with Gasteiger partial charge < -0.3 is 9.79 Å². The van der Waals surface area contributed by atoms with Crippen molar-refractivity contribution in [3.8, 4) is 0 Å². The Morgan fingerprint density at radius 1 is 1.27 bits per heavy atom. The average Bonchev–Trinajstić information content (AvgIpc) is 1.54. The van der Waals surface area contributed by atoms with E-state index < -0.39 is 13.4 Å². The van der Waals surface area contributed by atoms with Gasteiger partial charge in [-0.2, -0.15) is 0 Å². The predicted octanol–water partition coefficient (Wildman–Crippen LogP) is 0.708. The van der Waals surface area contributed by atoms with E-state index in [0.717, 1.165) is 0 Å². The van der Waals surface area contributed by atoms with E-state index in [0.29, 0.717) is 0 Å². The van der Waals surface area contributed by atoms with Gasteiger partial charge in [-0.3, -0.25) is 9.46 Å². The molecule has 0 radical (unpaired) electrons. The van der Waals surface area contributed by atoms with Gasteiger partial charge in [-0.05, 0) is 20.0 Å². The fourth-order valence-electron chi connectivity index (χ4n) is 1.29. The van der Waals surface area contributed by atoms with Crippen molar-refractivity contribution in [2.45, 2.75) is 19.6 Å². The molecule has 0 aliphatic carbocycles. The molecular weight excluding hydrogens is 165 g/mol. The fraction of sp³-hybridized carbons (Fsp3) is 1.00. The third kappa shape index (κ3) is 3.34. The predicted molar refractivity (Wildman–Crippen MR) is 44.4 cm³/mol. The van der Waals surface area contributed by atoms with Gasteiger partial charge in [0, 0.05) is 0 Å². The molecule has 4 nitrogen and oxygen atoms in total. The van der Waals surface area contributed by atoms with Crippen LogP contribution in [-0.4, -0.2) is 34.6 Å². The maximum Gasteiger partial charge on any atom is 0.342 e. The van der Waals surface area contributed by atoms with E-state index >= 15 is 0 Å². The molecule has 0 aromatic carbocycles. The quantitative estimate of drug-likeness (QED) is 0.629. The summed E-state index contributed by atoms with van der Waals surface area (Å²) in [7, 11) is -0.621. The van der Waals surface area contributed by atoms with Crippen LogP contribution in [0.1, 0.15) is 13.8 Å². The second-order valence-corrected chi connectivity index (χ2v) is 4.92. The summed E-state index contributed by atoms with van der Waals surface area (Å²) in [6.45, 7) is 3.59. The maximum absolute atomic E-state index is 10.9. The lowest BCUT2D eigenvalue weighted by atomic mass is 10.2. The molecule has 0 spiro atoms. The topological polar surface area (TPSA) is 60.8 Å². The van der Waals surface area contributed by atoms with Crippen molar-refractivity contribution in [1.82, 2.24) is 4.90 Å². The van der Waals surface area contributed by atoms with Gasteiger partial charge in [0.15, 0.2) is 0 Å². The van der Waals surface area contributed by atoms with Crippen molar-refractivity contribution >= 4 is 7.60 Å². The average molecular weight is 181 g/mol. The van der Waals surface area contributed by atoms with Crippen LogP contribution >= 0.6 is 7.60 Å². The lowest BCUT2D eigenvalue weighted by Gasteiger charge is -2.28. The van der Waals surface area contributed by atoms with Crippen LogP contribution in [0.25, 0.3) is 0 Å². The summed E-state index contributed by atoms with van der Waals surface area (Å²) in [5.41, 5.74) is 0. The van der Waals surface area contributed by atoms with Crippen LogP contribution in [0.4, 0.5) is 0 Å². The molecule has 0 amide bonds. The maximum atomic E-state index is 10.9. The van der Waals surface area contributed by atoms with Gasteiger partial charge in [0.05, 0.1) is 0 Å². The molecule has 0 fully saturated rings. The first-order chi connectivity index (χ1) is 4.76. The molecule has 0 aromatic heterocycles. The summed E-state index contributed by atoms with van der Waals surface area (Å²) in [6, 6.07) is 0. The molecule has 0 unspecified atom stereocenters. The summed E-state index contributed by atoms with van der Waals surface area (Å²) in [6.07, 6.45) is 0. The number of hydrogen-bond donors (Lipinski definition) is 2. The van der Waals surface area contributed by atoms with Gasteiger partial charge >= 0.3 is 7.60 Å². The summed E-state index contributed by atoms with van der Waals surface area (Å²) in [5, 5.41) is 0. The minimum absolute atomic E-state index is 0.0363. The largest absolute Gasteiger partial charge is 0.342 e. The van der Waals surface area contributed by atoms with Crippen LogP contribution in [0.5, 0.6) is 0 Å². The highest BCUT2D eigenvalue weighted by Gasteiger charge is 2.33. The second kappa shape index (κ2) is 3.68. The van der Waals surface area contributed by atoms with Crippen LogP contribution in [0.2, 0.25) is 0 Å². The molecule has 1 atom stereocenters. The normalized spacial score (nSPS) is 16.0. The first-order valence-electron chi connectivity index (χ1n) is 3.48. The minimum Gasteiger partial charge on any atom is -0.323 e. The molecule has 0 bridgehead atoms. The first kappa shape index (κ1) is 11.1. The van der Waals surface area contributed by atoms with E-state index in [1.807, 2.05) is 0 Å². The van der Waals surface area contributed by atoms with Crippen molar-refractivity contribution in [2.75, 3.05) is 14.1 Å². The summed E-state index contributed by atoms with van der Waals surface area (Å²) in [4.78, 5) is 19.3. The zero-order valence-corrected chi connectivity index (χ0v) is 8.25. The zero-order valence-electron chi connectivity index (χ0n) is 7.35. The second-order valence-electron chi connectivity index (χ2n) is 3.21. The molecule has 0 aliphatic rings. The van der Waals surface area contributed by atoms with Crippen molar-refractivity contribution in [2.24, 2.45) is 5.92 Å². The van der Waals surface area contributed by atoms with Gasteiger partial charge in [0.1, 0.15) is 5.78 Å². The van der Waals surface area contributed by atoms with Gasteiger partial charge in [0.25, 0.3) is 0 Å². The highest BCUT2D eigenvalue weighted by Crippen LogP contribution is 2.45. The highest BCUT2D eigenvalue weighted by molar-refractivity contribution is 7.52. The molecule has 2 N–H and O–H groups in total. The standard InChI is InChI=1S/C6H16NO3P/c1-5(2)6(7(3)4)11(8,9)10/h5-6H,1-4H3,(H2,8,9,10)/t6-/m0/s1. The van der Waals surface area contributed by atoms with E-state index in [9.17, 15) is 4.57 Å². The molecular formula is C6H16NO3P. The molecule has 5 heteroatoms. The molecule has 0 heterocycles. The molecule has 0 aliphatic heterocycles. The van der Waals surface area contributed by atoms with Crippen molar-refractivity contribution in [1.29, 1.82) is 0 Å². The molecule has 0 saturated carbocycles. The van der Waals surface area contributed by atoms with Crippen LogP contribution in [0, 0.1) is 5.92 Å². The van der Waals surface area contributed by atoms with E-state index in [1.165, 1.54) is 0 Å². The van der Waals surface area contributed by atoms with Crippen molar-refractivity contribution < 1.29 is 14.4 Å². The van der Waals surface area contributed by atoms with Gasteiger partial charge in [-0.15, -0.1) is 0 Å². The lowest BCUT2D eigenvalue weighted by Crippen LogP contribution is -2.32. The molecule has 0 saturated heterocycles. The smallest absolute Gasteiger partial charge is 0.323 e. The summed E-state index contributed by atoms with van der Waals surface area (Å²) < 4.78 is 10.9. The van der Waals surface area contributed by atoms with Crippen molar-refractivity contribution in [3.05, 3.63) is 0 Å². The molecule has 0 aromatic rings. The Morgan fingerprint density at radius 2 is 1.64 bits per heavy atom. The van der Waals surface area contributed by atoms with Crippen LogP contribution in [-0.2, 0) is 4.57 Å².